The van der Waals surface area contributed by atoms with E-state index in [0.717, 1.165) is 16.7 Å². The third kappa shape index (κ3) is 6.91. The fourth-order valence-electron chi connectivity index (χ4n) is 3.66. The molecule has 0 bridgehead atoms. The van der Waals surface area contributed by atoms with Crippen LogP contribution in [0.4, 0.5) is 4.79 Å². The molecule has 33 heavy (non-hydrogen) atoms. The number of alkyl carbamates (subject to hydrolysis) is 1. The SMILES string of the molecule is CC(C)(C)OC(=O)NCCOCCOC(c1ccccc1)(c1ccccc1)c1ccccc1. The Hall–Kier alpha value is -3.15. The molecule has 0 fully saturated rings. The quantitative estimate of drug-likeness (QED) is 0.328. The number of hydrogen-bond acceptors (Lipinski definition) is 4. The average molecular weight is 448 g/mol. The molecule has 3 aromatic rings. The first-order valence-electron chi connectivity index (χ1n) is 11.3. The first-order chi connectivity index (χ1) is 15.9. The van der Waals surface area contributed by atoms with Crippen LogP contribution < -0.4 is 5.32 Å². The van der Waals surface area contributed by atoms with E-state index in [4.69, 9.17) is 14.2 Å². The van der Waals surface area contributed by atoms with E-state index in [1.54, 1.807) is 0 Å². The minimum absolute atomic E-state index is 0.371. The highest BCUT2D eigenvalue weighted by atomic mass is 16.6. The van der Waals surface area contributed by atoms with Gasteiger partial charge in [-0.1, -0.05) is 91.0 Å². The van der Waals surface area contributed by atoms with E-state index in [0.29, 0.717) is 26.4 Å². The number of nitrogens with one attached hydrogen (secondary N) is 1. The fourth-order valence-corrected chi connectivity index (χ4v) is 3.66. The Morgan fingerprint density at radius 2 is 1.15 bits per heavy atom. The van der Waals surface area contributed by atoms with Gasteiger partial charge in [-0.05, 0) is 37.5 Å². The van der Waals surface area contributed by atoms with Crippen LogP contribution in [0.25, 0.3) is 0 Å². The summed E-state index contributed by atoms with van der Waals surface area (Å²) >= 11 is 0. The van der Waals surface area contributed by atoms with Crippen LogP contribution in [0.15, 0.2) is 91.0 Å². The van der Waals surface area contributed by atoms with Gasteiger partial charge in [0.25, 0.3) is 0 Å². The van der Waals surface area contributed by atoms with Crippen LogP contribution in [-0.2, 0) is 19.8 Å². The monoisotopic (exact) mass is 447 g/mol. The molecule has 3 aromatic carbocycles. The molecule has 5 nitrogen and oxygen atoms in total. The van der Waals surface area contributed by atoms with Gasteiger partial charge in [0.2, 0.25) is 0 Å². The summed E-state index contributed by atoms with van der Waals surface area (Å²) < 4.78 is 17.6. The zero-order chi connectivity index (χ0) is 23.6. The van der Waals surface area contributed by atoms with Gasteiger partial charge in [0.1, 0.15) is 11.2 Å². The van der Waals surface area contributed by atoms with Crippen molar-refractivity contribution < 1.29 is 19.0 Å². The molecule has 0 aliphatic carbocycles. The normalized spacial score (nSPS) is 11.7. The van der Waals surface area contributed by atoms with E-state index in [1.807, 2.05) is 75.4 Å². The second-order valence-electron chi connectivity index (χ2n) is 8.67. The van der Waals surface area contributed by atoms with Gasteiger partial charge in [0.05, 0.1) is 19.8 Å². The largest absolute Gasteiger partial charge is 0.444 e. The molecule has 3 rings (SSSR count). The number of hydrogen-bond donors (Lipinski definition) is 1. The summed E-state index contributed by atoms with van der Waals surface area (Å²) in [5, 5.41) is 2.70. The molecule has 0 aliphatic rings. The first kappa shape index (κ1) is 24.5. The highest BCUT2D eigenvalue weighted by Crippen LogP contribution is 2.40. The maximum Gasteiger partial charge on any atom is 0.407 e. The summed E-state index contributed by atoms with van der Waals surface area (Å²) in [6.07, 6.45) is -0.446. The molecule has 0 unspecified atom stereocenters. The molecule has 0 aromatic heterocycles. The zero-order valence-electron chi connectivity index (χ0n) is 19.6. The second-order valence-corrected chi connectivity index (χ2v) is 8.67. The summed E-state index contributed by atoms with van der Waals surface area (Å²) in [6.45, 7) is 7.01. The molecule has 0 radical (unpaired) electrons. The van der Waals surface area contributed by atoms with Crippen LogP contribution in [0.3, 0.4) is 0 Å². The predicted molar refractivity (Wildman–Crippen MR) is 130 cm³/mol. The van der Waals surface area contributed by atoms with Crippen molar-refractivity contribution in [3.8, 4) is 0 Å². The van der Waals surface area contributed by atoms with E-state index in [2.05, 4.69) is 41.7 Å². The average Bonchev–Trinajstić information content (AvgIpc) is 2.82. The summed E-state index contributed by atoms with van der Waals surface area (Å²) in [7, 11) is 0. The van der Waals surface area contributed by atoms with E-state index < -0.39 is 17.3 Å². The molecule has 0 saturated heterocycles. The van der Waals surface area contributed by atoms with E-state index >= 15 is 0 Å². The van der Waals surface area contributed by atoms with Gasteiger partial charge in [-0.2, -0.15) is 0 Å². The standard InChI is InChI=1S/C28H33NO4/c1-27(2,3)33-26(30)29-19-20-31-21-22-32-28(23-13-7-4-8-14-23,24-15-9-5-10-16-24)25-17-11-6-12-18-25/h4-18H,19-22H2,1-3H3,(H,29,30). The molecule has 5 heteroatoms. The lowest BCUT2D eigenvalue weighted by Crippen LogP contribution is -2.35. The lowest BCUT2D eigenvalue weighted by molar-refractivity contribution is -0.0234. The maximum absolute atomic E-state index is 11.7. The predicted octanol–water partition coefficient (Wildman–Crippen LogP) is 5.54. The summed E-state index contributed by atoms with van der Waals surface area (Å²) in [4.78, 5) is 11.7. The summed E-state index contributed by atoms with van der Waals surface area (Å²) in [5.74, 6) is 0. The molecule has 0 aliphatic heterocycles. The van der Waals surface area contributed by atoms with Gasteiger partial charge in [-0.15, -0.1) is 0 Å². The van der Waals surface area contributed by atoms with Crippen LogP contribution in [0.1, 0.15) is 37.5 Å². The van der Waals surface area contributed by atoms with Crippen molar-refractivity contribution in [2.45, 2.75) is 32.0 Å². The third-order valence-electron chi connectivity index (χ3n) is 5.00. The number of amides is 1. The highest BCUT2D eigenvalue weighted by Gasteiger charge is 2.37. The van der Waals surface area contributed by atoms with Gasteiger partial charge in [-0.3, -0.25) is 0 Å². The Labute approximate surface area is 196 Å². The minimum Gasteiger partial charge on any atom is -0.444 e. The van der Waals surface area contributed by atoms with Gasteiger partial charge >= 0.3 is 6.09 Å². The van der Waals surface area contributed by atoms with Crippen molar-refractivity contribution in [2.75, 3.05) is 26.4 Å². The lowest BCUT2D eigenvalue weighted by Gasteiger charge is -2.36. The molecular weight excluding hydrogens is 414 g/mol. The number of carbonyl (C=O) groups excluding carboxylic acids is 1. The number of carbonyl (C=O) groups is 1. The minimum atomic E-state index is -0.762. The second kappa shape index (κ2) is 11.6. The summed E-state index contributed by atoms with van der Waals surface area (Å²) in [5.41, 5.74) is 1.87. The number of rotatable bonds is 10. The van der Waals surface area contributed by atoms with Crippen molar-refractivity contribution in [3.63, 3.8) is 0 Å². The van der Waals surface area contributed by atoms with Crippen LogP contribution in [-0.4, -0.2) is 38.1 Å². The smallest absolute Gasteiger partial charge is 0.407 e. The molecule has 0 spiro atoms. The maximum atomic E-state index is 11.7. The molecule has 1 amide bonds. The Balaban J connectivity index is 1.68. The topological polar surface area (TPSA) is 56.8 Å². The highest BCUT2D eigenvalue weighted by molar-refractivity contribution is 5.67. The van der Waals surface area contributed by atoms with Crippen LogP contribution in [0.2, 0.25) is 0 Å². The van der Waals surface area contributed by atoms with E-state index in [1.165, 1.54) is 0 Å². The Kier molecular flexibility index (Phi) is 8.64. The Bertz CT molecular complexity index is 872. The van der Waals surface area contributed by atoms with E-state index in [9.17, 15) is 4.79 Å². The molecule has 0 saturated carbocycles. The van der Waals surface area contributed by atoms with Gasteiger partial charge in [0, 0.05) is 6.54 Å². The Morgan fingerprint density at radius 1 is 0.697 bits per heavy atom. The molecule has 0 atom stereocenters. The van der Waals surface area contributed by atoms with Crippen LogP contribution in [0, 0.1) is 0 Å². The zero-order valence-corrected chi connectivity index (χ0v) is 19.6. The van der Waals surface area contributed by atoms with Crippen LogP contribution in [0.5, 0.6) is 0 Å². The van der Waals surface area contributed by atoms with Gasteiger partial charge in [-0.25, -0.2) is 4.79 Å². The molecule has 174 valence electrons. The van der Waals surface area contributed by atoms with Crippen molar-refractivity contribution in [1.82, 2.24) is 5.32 Å². The van der Waals surface area contributed by atoms with Crippen molar-refractivity contribution in [1.29, 1.82) is 0 Å². The van der Waals surface area contributed by atoms with Crippen LogP contribution >= 0.6 is 0 Å². The van der Waals surface area contributed by atoms with Crippen molar-refractivity contribution in [2.24, 2.45) is 0 Å². The molecule has 1 N–H and O–H groups in total. The lowest BCUT2D eigenvalue weighted by atomic mass is 9.80. The number of ether oxygens (including phenoxy) is 3. The molecule has 0 heterocycles. The van der Waals surface area contributed by atoms with Gasteiger partial charge < -0.3 is 19.5 Å². The third-order valence-corrected chi connectivity index (χ3v) is 5.00. The van der Waals surface area contributed by atoms with Gasteiger partial charge in [0.15, 0.2) is 0 Å². The van der Waals surface area contributed by atoms with Crippen molar-refractivity contribution in [3.05, 3.63) is 108 Å². The molecular formula is C28H33NO4. The fraction of sp³-hybridized carbons (Fsp3) is 0.321. The number of benzene rings is 3. The van der Waals surface area contributed by atoms with Crippen molar-refractivity contribution >= 4 is 6.09 Å². The first-order valence-corrected chi connectivity index (χ1v) is 11.3. The summed E-state index contributed by atoms with van der Waals surface area (Å²) in [6, 6.07) is 30.7. The Morgan fingerprint density at radius 3 is 1.58 bits per heavy atom. The van der Waals surface area contributed by atoms with E-state index in [-0.39, 0.29) is 0 Å².